The van der Waals surface area contributed by atoms with Crippen LogP contribution in [0.4, 0.5) is 8.78 Å². The zero-order chi connectivity index (χ0) is 12.1. The van der Waals surface area contributed by atoms with E-state index in [2.05, 4.69) is 0 Å². The Kier molecular flexibility index (Phi) is 6.58. The normalized spacial score (nSPS) is 11.2. The van der Waals surface area contributed by atoms with Crippen molar-refractivity contribution in [3.8, 4) is 0 Å². The van der Waals surface area contributed by atoms with Gasteiger partial charge in [0, 0.05) is 33.6 Å². The van der Waals surface area contributed by atoms with Gasteiger partial charge in [-0.05, 0) is 17.7 Å². The molecular weight excluding hydrogens is 404 g/mol. The van der Waals surface area contributed by atoms with Crippen LogP contribution in [0.25, 0.3) is 0 Å². The van der Waals surface area contributed by atoms with Gasteiger partial charge >= 0.3 is 5.97 Å². The van der Waals surface area contributed by atoms with Gasteiger partial charge in [0.05, 0.1) is 0 Å². The van der Waals surface area contributed by atoms with Gasteiger partial charge in [-0.2, -0.15) is 6.41 Å². The van der Waals surface area contributed by atoms with Gasteiger partial charge in [-0.3, -0.25) is 4.79 Å². The van der Waals surface area contributed by atoms with Crippen molar-refractivity contribution in [2.75, 3.05) is 0 Å². The molecule has 0 radical (unpaired) electrons. The quantitative estimate of drug-likeness (QED) is 0.551. The van der Waals surface area contributed by atoms with Crippen molar-refractivity contribution < 1.29 is 44.5 Å². The molecule has 0 aliphatic heterocycles. The first-order valence-electron chi connectivity index (χ1n) is 4.33. The summed E-state index contributed by atoms with van der Waals surface area (Å²) in [6.45, 7) is 0. The summed E-state index contributed by atoms with van der Waals surface area (Å²) in [5.74, 6) is -2.89. The first kappa shape index (κ1) is 15.7. The third kappa shape index (κ3) is 5.04. The molecule has 1 aromatic carbocycles. The first-order chi connectivity index (χ1) is 7.52. The van der Waals surface area contributed by atoms with Crippen molar-refractivity contribution in [2.24, 2.45) is 0 Å². The van der Waals surface area contributed by atoms with E-state index in [4.69, 9.17) is 5.11 Å². The Morgan fingerprint density at radius 3 is 2.29 bits per heavy atom. The van der Waals surface area contributed by atoms with Crippen molar-refractivity contribution in [1.29, 1.82) is 0 Å². The van der Waals surface area contributed by atoms with Gasteiger partial charge in [0.25, 0.3) is 0 Å². The molecule has 7 heteroatoms. The van der Waals surface area contributed by atoms with Crippen LogP contribution in [0, 0.1) is 11.6 Å². The molecule has 0 saturated carbocycles. The predicted molar refractivity (Wildman–Crippen MR) is 50.3 cm³/mol. The average molecular weight is 412 g/mol. The van der Waals surface area contributed by atoms with Gasteiger partial charge in [0.1, 0.15) is 17.7 Å². The van der Waals surface area contributed by atoms with Crippen LogP contribution in [0.5, 0.6) is 0 Å². The third-order valence-corrected chi connectivity index (χ3v) is 1.89. The monoisotopic (exact) mass is 412 g/mol. The van der Waals surface area contributed by atoms with Crippen LogP contribution in [0.15, 0.2) is 18.2 Å². The smallest absolute Gasteiger partial charge is 0.323 e. The fraction of sp³-hybridized carbons (Fsp3) is 0.200. The second kappa shape index (κ2) is 7.12. The minimum absolute atomic E-state index is 0. The van der Waals surface area contributed by atoms with Crippen LogP contribution >= 0.6 is 0 Å². The zero-order valence-corrected chi connectivity index (χ0v) is 11.4. The second-order valence-corrected chi connectivity index (χ2v) is 3.12. The molecule has 2 N–H and O–H groups in total. The topological polar surface area (TPSA) is 66.4 Å². The molecule has 0 aliphatic carbocycles. The van der Waals surface area contributed by atoms with Crippen molar-refractivity contribution in [3.63, 3.8) is 0 Å². The van der Waals surface area contributed by atoms with Crippen LogP contribution in [0.2, 0.25) is 0 Å². The summed E-state index contributed by atoms with van der Waals surface area (Å²) >= 11 is 0. The summed E-state index contributed by atoms with van der Waals surface area (Å²) in [5, 5.41) is 10.6. The molecule has 92 valence electrons. The number of aliphatic carboxylic acids is 1. The fourth-order valence-electron chi connectivity index (χ4n) is 1.24. The SMILES string of the molecule is O=[C-]N[C@@H](Cc1cc(F)cc(F)c1)C(=O)O.[W]. The van der Waals surface area contributed by atoms with Gasteiger partial charge in [-0.25, -0.2) is 8.78 Å². The second-order valence-electron chi connectivity index (χ2n) is 3.12. The van der Waals surface area contributed by atoms with E-state index in [0.717, 1.165) is 12.1 Å². The molecule has 0 heterocycles. The predicted octanol–water partition coefficient (Wildman–Crippen LogP) is 0.615. The summed E-state index contributed by atoms with van der Waals surface area (Å²) in [7, 11) is 0. The van der Waals surface area contributed by atoms with Gasteiger partial charge in [0.15, 0.2) is 0 Å². The van der Waals surface area contributed by atoms with E-state index in [0.29, 0.717) is 6.07 Å². The number of amides is 1. The average Bonchev–Trinajstić information content (AvgIpc) is 2.15. The Balaban J connectivity index is 0.00000256. The number of carboxylic acid groups (broad SMARTS) is 1. The Hall–Kier alpha value is -1.29. The summed E-state index contributed by atoms with van der Waals surface area (Å²) in [4.78, 5) is 20.6. The largest absolute Gasteiger partial charge is 0.520 e. The number of carbonyl (C=O) groups is 1. The maximum atomic E-state index is 12.8. The van der Waals surface area contributed by atoms with Gasteiger partial charge < -0.3 is 15.2 Å². The van der Waals surface area contributed by atoms with E-state index in [-0.39, 0.29) is 33.0 Å². The third-order valence-electron chi connectivity index (χ3n) is 1.89. The molecule has 1 rings (SSSR count). The van der Waals surface area contributed by atoms with Crippen LogP contribution < -0.4 is 5.32 Å². The molecular formula is C10H8F2NO3W-. The molecule has 1 amide bonds. The molecule has 1 atom stereocenters. The number of hydrogen-bond acceptors (Lipinski definition) is 2. The molecule has 0 unspecified atom stereocenters. The van der Waals surface area contributed by atoms with E-state index in [1.165, 1.54) is 6.41 Å². The number of carbonyl (C=O) groups excluding carboxylic acids is 1. The standard InChI is InChI=1S/C10H8F2NO3.W/c11-7-1-6(2-8(12)4-7)3-9(10(15)16)13-5-14;/h1-2,4,9H,3H2,(H,13,14)(H,15,16);/q-1;/t9-;/m0./s1. The maximum absolute atomic E-state index is 12.8. The Bertz CT molecular complexity index is 394. The van der Waals surface area contributed by atoms with Crippen LogP contribution in [0.1, 0.15) is 5.56 Å². The summed E-state index contributed by atoms with van der Waals surface area (Å²) in [6, 6.07) is 1.44. The molecule has 17 heavy (non-hydrogen) atoms. The van der Waals surface area contributed by atoms with E-state index < -0.39 is 23.6 Å². The molecule has 0 saturated heterocycles. The fourth-order valence-corrected chi connectivity index (χ4v) is 1.24. The minimum Gasteiger partial charge on any atom is -0.520 e. The molecule has 0 spiro atoms. The molecule has 0 aromatic heterocycles. The molecule has 4 nitrogen and oxygen atoms in total. The molecule has 1 aromatic rings. The van der Waals surface area contributed by atoms with Gasteiger partial charge in [0.2, 0.25) is 0 Å². The van der Waals surface area contributed by atoms with E-state index in [9.17, 15) is 18.4 Å². The Labute approximate surface area is 110 Å². The molecule has 0 fully saturated rings. The van der Waals surface area contributed by atoms with Crippen LogP contribution in [-0.2, 0) is 37.1 Å². The number of carboxylic acids is 1. The summed E-state index contributed by atoms with van der Waals surface area (Å²) < 4.78 is 25.6. The van der Waals surface area contributed by atoms with Crippen molar-refractivity contribution in [3.05, 3.63) is 35.4 Å². The number of halogens is 2. The number of benzene rings is 1. The van der Waals surface area contributed by atoms with E-state index in [1.807, 2.05) is 5.32 Å². The van der Waals surface area contributed by atoms with E-state index >= 15 is 0 Å². The van der Waals surface area contributed by atoms with Gasteiger partial charge in [-0.1, -0.05) is 0 Å². The summed E-state index contributed by atoms with van der Waals surface area (Å²) in [6.07, 6.45) is 1.02. The Morgan fingerprint density at radius 2 is 1.88 bits per heavy atom. The number of nitrogens with one attached hydrogen (secondary N) is 1. The molecule has 0 bridgehead atoms. The first-order valence-corrected chi connectivity index (χ1v) is 4.33. The summed E-state index contributed by atoms with van der Waals surface area (Å²) in [5.41, 5.74) is 0.146. The Morgan fingerprint density at radius 1 is 1.35 bits per heavy atom. The van der Waals surface area contributed by atoms with Crippen molar-refractivity contribution >= 4 is 12.4 Å². The van der Waals surface area contributed by atoms with Crippen molar-refractivity contribution in [2.45, 2.75) is 12.5 Å². The van der Waals surface area contributed by atoms with Crippen LogP contribution in [0.3, 0.4) is 0 Å². The van der Waals surface area contributed by atoms with E-state index in [1.54, 1.807) is 0 Å². The molecule has 0 aliphatic rings. The number of rotatable bonds is 5. The zero-order valence-electron chi connectivity index (χ0n) is 8.44. The van der Waals surface area contributed by atoms with Crippen molar-refractivity contribution in [1.82, 2.24) is 5.32 Å². The number of hydrogen-bond donors (Lipinski definition) is 2. The maximum Gasteiger partial charge on any atom is 0.323 e. The van der Waals surface area contributed by atoms with Gasteiger partial charge in [-0.15, -0.1) is 0 Å². The van der Waals surface area contributed by atoms with Crippen LogP contribution in [-0.4, -0.2) is 23.5 Å². The minimum atomic E-state index is -1.30.